The quantitative estimate of drug-likeness (QED) is 0.687. The Labute approximate surface area is 80.5 Å². The maximum Gasteiger partial charge on any atom is 0.0948 e. The van der Waals surface area contributed by atoms with Crippen molar-refractivity contribution >= 4 is 0 Å². The molecule has 1 saturated heterocycles. The monoisotopic (exact) mass is 187 g/mol. The third kappa shape index (κ3) is 2.66. The van der Waals surface area contributed by atoms with Gasteiger partial charge in [0, 0.05) is 5.54 Å². The zero-order chi connectivity index (χ0) is 9.90. The maximum atomic E-state index is 9.56. The average molecular weight is 187 g/mol. The van der Waals surface area contributed by atoms with Crippen molar-refractivity contribution in [3.05, 3.63) is 0 Å². The summed E-state index contributed by atoms with van der Waals surface area (Å²) >= 11 is 0. The van der Waals surface area contributed by atoms with Crippen LogP contribution in [-0.2, 0) is 4.74 Å². The second kappa shape index (κ2) is 4.40. The average Bonchev–Trinajstić information content (AvgIpc) is 2.52. The van der Waals surface area contributed by atoms with Crippen molar-refractivity contribution in [3.63, 3.8) is 0 Å². The van der Waals surface area contributed by atoms with Gasteiger partial charge in [-0.05, 0) is 19.8 Å². The van der Waals surface area contributed by atoms with Gasteiger partial charge in [-0.25, -0.2) is 0 Å². The van der Waals surface area contributed by atoms with Gasteiger partial charge in [0.2, 0.25) is 0 Å². The molecule has 1 rings (SSSR count). The minimum atomic E-state index is -0.336. The van der Waals surface area contributed by atoms with Gasteiger partial charge < -0.3 is 15.2 Å². The molecule has 0 aromatic carbocycles. The third-order valence-corrected chi connectivity index (χ3v) is 3.15. The SMILES string of the molecule is CCC(C)(CC)NC1COCC1O. The molecular formula is C10H21NO2. The Bertz CT molecular complexity index is 157. The van der Waals surface area contributed by atoms with Gasteiger partial charge in [0.15, 0.2) is 0 Å². The van der Waals surface area contributed by atoms with Gasteiger partial charge in [0.05, 0.1) is 25.4 Å². The number of aliphatic hydroxyl groups excluding tert-OH is 1. The Hall–Kier alpha value is -0.120. The van der Waals surface area contributed by atoms with Gasteiger partial charge in [-0.1, -0.05) is 13.8 Å². The summed E-state index contributed by atoms with van der Waals surface area (Å²) in [5.41, 5.74) is 0.138. The van der Waals surface area contributed by atoms with Crippen LogP contribution in [0.5, 0.6) is 0 Å². The summed E-state index contributed by atoms with van der Waals surface area (Å²) in [6.45, 7) is 7.63. The maximum absolute atomic E-state index is 9.56. The van der Waals surface area contributed by atoms with E-state index in [0.717, 1.165) is 12.8 Å². The van der Waals surface area contributed by atoms with Crippen LogP contribution in [-0.4, -0.2) is 36.0 Å². The van der Waals surface area contributed by atoms with Crippen molar-refractivity contribution in [3.8, 4) is 0 Å². The zero-order valence-corrected chi connectivity index (χ0v) is 8.84. The lowest BCUT2D eigenvalue weighted by atomic mass is 9.94. The fraction of sp³-hybridized carbons (Fsp3) is 1.00. The first kappa shape index (κ1) is 11.0. The van der Waals surface area contributed by atoms with Gasteiger partial charge in [-0.15, -0.1) is 0 Å². The molecule has 0 bridgehead atoms. The summed E-state index contributed by atoms with van der Waals surface area (Å²) in [6.07, 6.45) is 1.82. The van der Waals surface area contributed by atoms with E-state index >= 15 is 0 Å². The largest absolute Gasteiger partial charge is 0.389 e. The molecule has 1 fully saturated rings. The lowest BCUT2D eigenvalue weighted by molar-refractivity contribution is 0.117. The van der Waals surface area contributed by atoms with Crippen LogP contribution in [0.1, 0.15) is 33.6 Å². The molecule has 2 N–H and O–H groups in total. The molecule has 0 saturated carbocycles. The number of nitrogens with one attached hydrogen (secondary N) is 1. The van der Waals surface area contributed by atoms with E-state index in [0.29, 0.717) is 13.2 Å². The zero-order valence-electron chi connectivity index (χ0n) is 8.84. The van der Waals surface area contributed by atoms with E-state index in [1.165, 1.54) is 0 Å². The van der Waals surface area contributed by atoms with Crippen LogP contribution in [0.25, 0.3) is 0 Å². The van der Waals surface area contributed by atoms with E-state index in [2.05, 4.69) is 26.1 Å². The predicted molar refractivity (Wildman–Crippen MR) is 52.7 cm³/mol. The van der Waals surface area contributed by atoms with Crippen LogP contribution < -0.4 is 5.32 Å². The van der Waals surface area contributed by atoms with Crippen molar-refractivity contribution in [1.29, 1.82) is 0 Å². The molecule has 0 spiro atoms. The molecule has 13 heavy (non-hydrogen) atoms. The molecule has 1 aliphatic rings. The Balaban J connectivity index is 2.45. The molecular weight excluding hydrogens is 166 g/mol. The van der Waals surface area contributed by atoms with Crippen LogP contribution in [0.2, 0.25) is 0 Å². The van der Waals surface area contributed by atoms with E-state index in [9.17, 15) is 5.11 Å². The van der Waals surface area contributed by atoms with E-state index in [1.54, 1.807) is 0 Å². The lowest BCUT2D eigenvalue weighted by Crippen LogP contribution is -2.51. The molecule has 78 valence electrons. The molecule has 3 nitrogen and oxygen atoms in total. The first-order valence-corrected chi connectivity index (χ1v) is 5.15. The van der Waals surface area contributed by atoms with Gasteiger partial charge in [-0.2, -0.15) is 0 Å². The van der Waals surface area contributed by atoms with Gasteiger partial charge in [0.1, 0.15) is 0 Å². The topological polar surface area (TPSA) is 41.5 Å². The van der Waals surface area contributed by atoms with E-state index in [-0.39, 0.29) is 17.7 Å². The van der Waals surface area contributed by atoms with Crippen LogP contribution in [0.3, 0.4) is 0 Å². The van der Waals surface area contributed by atoms with Crippen molar-refractivity contribution < 1.29 is 9.84 Å². The molecule has 2 atom stereocenters. The normalized spacial score (nSPS) is 29.5. The number of hydrogen-bond donors (Lipinski definition) is 2. The Morgan fingerprint density at radius 2 is 2.00 bits per heavy atom. The van der Waals surface area contributed by atoms with Gasteiger partial charge in [0.25, 0.3) is 0 Å². The second-order valence-corrected chi connectivity index (χ2v) is 4.12. The summed E-state index contributed by atoms with van der Waals surface area (Å²) in [6, 6.07) is 0.116. The summed E-state index contributed by atoms with van der Waals surface area (Å²) < 4.78 is 5.19. The number of aliphatic hydroxyl groups is 1. The second-order valence-electron chi connectivity index (χ2n) is 4.12. The van der Waals surface area contributed by atoms with E-state index in [4.69, 9.17) is 4.74 Å². The fourth-order valence-corrected chi connectivity index (χ4v) is 1.58. The third-order valence-electron chi connectivity index (χ3n) is 3.15. The van der Waals surface area contributed by atoms with Gasteiger partial charge >= 0.3 is 0 Å². The van der Waals surface area contributed by atoms with Crippen molar-refractivity contribution in [2.75, 3.05) is 13.2 Å². The van der Waals surface area contributed by atoms with Crippen molar-refractivity contribution in [2.45, 2.75) is 51.3 Å². The lowest BCUT2D eigenvalue weighted by Gasteiger charge is -2.32. The highest BCUT2D eigenvalue weighted by Gasteiger charge is 2.31. The summed E-state index contributed by atoms with van der Waals surface area (Å²) in [5.74, 6) is 0. The first-order valence-electron chi connectivity index (χ1n) is 5.15. The van der Waals surface area contributed by atoms with Crippen LogP contribution in [0.4, 0.5) is 0 Å². The molecule has 1 heterocycles. The van der Waals surface area contributed by atoms with Crippen LogP contribution >= 0.6 is 0 Å². The standard InChI is InChI=1S/C10H21NO2/c1-4-10(3,5-2)11-8-6-13-7-9(8)12/h8-9,11-12H,4-7H2,1-3H3. The number of ether oxygens (including phenoxy) is 1. The molecule has 0 aromatic rings. The highest BCUT2D eigenvalue weighted by Crippen LogP contribution is 2.17. The van der Waals surface area contributed by atoms with Crippen molar-refractivity contribution in [2.24, 2.45) is 0 Å². The molecule has 2 unspecified atom stereocenters. The fourth-order valence-electron chi connectivity index (χ4n) is 1.58. The Morgan fingerprint density at radius 3 is 2.38 bits per heavy atom. The molecule has 0 aliphatic carbocycles. The van der Waals surface area contributed by atoms with E-state index in [1.807, 2.05) is 0 Å². The summed E-state index contributed by atoms with van der Waals surface area (Å²) in [5, 5.41) is 13.0. The number of rotatable bonds is 4. The Kier molecular flexibility index (Phi) is 3.71. The molecule has 0 aromatic heterocycles. The smallest absolute Gasteiger partial charge is 0.0948 e. The molecule has 0 amide bonds. The molecule has 1 aliphatic heterocycles. The van der Waals surface area contributed by atoms with Crippen LogP contribution in [0, 0.1) is 0 Å². The van der Waals surface area contributed by atoms with Crippen LogP contribution in [0.15, 0.2) is 0 Å². The first-order chi connectivity index (χ1) is 6.11. The highest BCUT2D eigenvalue weighted by molar-refractivity contribution is 4.89. The number of hydrogen-bond acceptors (Lipinski definition) is 3. The van der Waals surface area contributed by atoms with E-state index < -0.39 is 0 Å². The minimum absolute atomic E-state index is 0.116. The molecule has 3 heteroatoms. The van der Waals surface area contributed by atoms with Gasteiger partial charge in [-0.3, -0.25) is 0 Å². The van der Waals surface area contributed by atoms with Crippen molar-refractivity contribution in [1.82, 2.24) is 5.32 Å². The minimum Gasteiger partial charge on any atom is -0.389 e. The highest BCUT2D eigenvalue weighted by atomic mass is 16.5. The summed E-state index contributed by atoms with van der Waals surface area (Å²) in [4.78, 5) is 0. The predicted octanol–water partition coefficient (Wildman–Crippen LogP) is 0.914. The summed E-state index contributed by atoms with van der Waals surface area (Å²) in [7, 11) is 0. The Morgan fingerprint density at radius 1 is 1.38 bits per heavy atom. The molecule has 0 radical (unpaired) electrons.